The van der Waals surface area contributed by atoms with E-state index in [1.54, 1.807) is 36.1 Å². The summed E-state index contributed by atoms with van der Waals surface area (Å²) in [6, 6.07) is 10.0. The molecule has 2 amide bonds. The maximum absolute atomic E-state index is 14.2. The molecule has 0 bridgehead atoms. The summed E-state index contributed by atoms with van der Waals surface area (Å²) < 4.78 is 7.33. The molecule has 3 heterocycles. The predicted octanol–water partition coefficient (Wildman–Crippen LogP) is 5.32. The van der Waals surface area contributed by atoms with Gasteiger partial charge in [0, 0.05) is 60.9 Å². The Bertz CT molecular complexity index is 1310. The molecule has 2 aliphatic rings. The van der Waals surface area contributed by atoms with Crippen molar-refractivity contribution < 1.29 is 14.3 Å². The van der Waals surface area contributed by atoms with Crippen LogP contribution in [0, 0.1) is 16.7 Å². The van der Waals surface area contributed by atoms with Gasteiger partial charge in [-0.25, -0.2) is 4.79 Å². The molecular formula is C28H32ClN5O3. The molecule has 2 aliphatic heterocycles. The van der Waals surface area contributed by atoms with Crippen LogP contribution in [0.15, 0.2) is 53.2 Å². The summed E-state index contributed by atoms with van der Waals surface area (Å²) >= 11 is 6.26. The second kappa shape index (κ2) is 11.2. The number of hydrogen-bond acceptors (Lipinski definition) is 5. The summed E-state index contributed by atoms with van der Waals surface area (Å²) in [5.41, 5.74) is 2.79. The fraction of sp³-hybridized carbons (Fsp3) is 0.429. The van der Waals surface area contributed by atoms with E-state index in [0.29, 0.717) is 63.5 Å². The van der Waals surface area contributed by atoms with Gasteiger partial charge in [0.05, 0.1) is 30.3 Å². The third kappa shape index (κ3) is 4.88. The van der Waals surface area contributed by atoms with Crippen molar-refractivity contribution in [3.8, 4) is 6.07 Å². The van der Waals surface area contributed by atoms with Crippen LogP contribution in [0.3, 0.4) is 0 Å². The van der Waals surface area contributed by atoms with E-state index >= 15 is 0 Å². The summed E-state index contributed by atoms with van der Waals surface area (Å²) in [4.78, 5) is 34.1. The van der Waals surface area contributed by atoms with Gasteiger partial charge in [0.15, 0.2) is 0 Å². The van der Waals surface area contributed by atoms with Crippen LogP contribution in [0.1, 0.15) is 38.3 Å². The van der Waals surface area contributed by atoms with Gasteiger partial charge in [0.2, 0.25) is 5.91 Å². The number of carbonyl (C=O) groups excluding carboxylic acids is 2. The minimum absolute atomic E-state index is 0.00678. The maximum Gasteiger partial charge on any atom is 0.409 e. The zero-order valence-corrected chi connectivity index (χ0v) is 22.1. The van der Waals surface area contributed by atoms with Crippen molar-refractivity contribution in [3.63, 3.8) is 0 Å². The first-order valence-electron chi connectivity index (χ1n) is 12.6. The van der Waals surface area contributed by atoms with Crippen molar-refractivity contribution in [1.29, 1.82) is 5.26 Å². The van der Waals surface area contributed by atoms with Gasteiger partial charge in [-0.05, 0) is 56.0 Å². The number of allylic oxidation sites excluding steroid dienone is 2. The van der Waals surface area contributed by atoms with Crippen LogP contribution in [0.25, 0.3) is 10.9 Å². The molecule has 9 heteroatoms. The highest BCUT2D eigenvalue weighted by atomic mass is 35.5. The van der Waals surface area contributed by atoms with E-state index in [0.717, 1.165) is 27.9 Å². The lowest BCUT2D eigenvalue weighted by Crippen LogP contribution is -2.48. The molecule has 1 spiro atoms. The molecule has 4 rings (SSSR count). The van der Waals surface area contributed by atoms with Crippen LogP contribution in [0.2, 0.25) is 5.02 Å². The quantitative estimate of drug-likeness (QED) is 0.347. The van der Waals surface area contributed by atoms with Gasteiger partial charge in [0.1, 0.15) is 0 Å². The summed E-state index contributed by atoms with van der Waals surface area (Å²) in [6.45, 7) is 8.00. The Labute approximate surface area is 222 Å². The summed E-state index contributed by atoms with van der Waals surface area (Å²) in [5.74, 6) is -0.00678. The molecule has 8 nitrogen and oxygen atoms in total. The van der Waals surface area contributed by atoms with Crippen molar-refractivity contribution in [3.05, 3.63) is 58.9 Å². The normalized spacial score (nSPS) is 17.3. The number of amides is 2. The van der Waals surface area contributed by atoms with E-state index in [1.165, 1.54) is 0 Å². The van der Waals surface area contributed by atoms with Crippen molar-refractivity contribution >= 4 is 40.7 Å². The SMILES string of the molecule is C=CC1=C(C=NC)N(Cc2cc3cc(Cl)ccc3n2CCCC#N)C(=O)C12CCN(C(=O)OCC)CC2. The first-order chi connectivity index (χ1) is 17.9. The number of carbonyl (C=O) groups is 2. The molecule has 1 fully saturated rings. The Morgan fingerprint density at radius 1 is 1.32 bits per heavy atom. The van der Waals surface area contributed by atoms with Gasteiger partial charge in [-0.15, -0.1) is 0 Å². The number of nitrogens with zero attached hydrogens (tertiary/aromatic N) is 5. The molecular weight excluding hydrogens is 490 g/mol. The van der Waals surface area contributed by atoms with Crippen molar-refractivity contribution in [2.75, 3.05) is 26.7 Å². The lowest BCUT2D eigenvalue weighted by Gasteiger charge is -2.38. The summed E-state index contributed by atoms with van der Waals surface area (Å²) in [5, 5.41) is 10.7. The second-order valence-electron chi connectivity index (χ2n) is 9.30. The van der Waals surface area contributed by atoms with Gasteiger partial charge >= 0.3 is 6.09 Å². The van der Waals surface area contributed by atoms with E-state index in [4.69, 9.17) is 21.6 Å². The Hall–Kier alpha value is -3.57. The Kier molecular flexibility index (Phi) is 8.03. The third-order valence-electron chi connectivity index (χ3n) is 7.27. The lowest BCUT2D eigenvalue weighted by atomic mass is 9.73. The highest BCUT2D eigenvalue weighted by Gasteiger charge is 2.53. The largest absolute Gasteiger partial charge is 0.450 e. The zero-order chi connectivity index (χ0) is 26.6. The average molecular weight is 522 g/mol. The smallest absolute Gasteiger partial charge is 0.409 e. The molecule has 1 saturated heterocycles. The van der Waals surface area contributed by atoms with E-state index in [9.17, 15) is 9.59 Å². The first kappa shape index (κ1) is 26.5. The number of nitriles is 1. The number of hydrogen-bond donors (Lipinski definition) is 0. The van der Waals surface area contributed by atoms with E-state index in [1.807, 2.05) is 18.2 Å². The summed E-state index contributed by atoms with van der Waals surface area (Å²) in [6.07, 6.45) is 5.27. The highest BCUT2D eigenvalue weighted by Crippen LogP contribution is 2.48. The summed E-state index contributed by atoms with van der Waals surface area (Å²) in [7, 11) is 1.69. The van der Waals surface area contributed by atoms with Crippen molar-refractivity contribution in [2.24, 2.45) is 10.4 Å². The van der Waals surface area contributed by atoms with Gasteiger partial charge in [-0.1, -0.05) is 24.3 Å². The molecule has 0 N–H and O–H groups in total. The van der Waals surface area contributed by atoms with Crippen LogP contribution in [-0.4, -0.2) is 59.3 Å². The molecule has 0 unspecified atom stereocenters. The number of likely N-dealkylation sites (tertiary alicyclic amines) is 1. The minimum Gasteiger partial charge on any atom is -0.450 e. The number of ether oxygens (including phenoxy) is 1. The molecule has 2 aromatic rings. The second-order valence-corrected chi connectivity index (χ2v) is 9.74. The number of rotatable bonds is 8. The van der Waals surface area contributed by atoms with Crippen molar-refractivity contribution in [2.45, 2.75) is 45.7 Å². The number of halogens is 1. The molecule has 37 heavy (non-hydrogen) atoms. The lowest BCUT2D eigenvalue weighted by molar-refractivity contribution is -0.137. The van der Waals surface area contributed by atoms with Gasteiger partial charge in [-0.3, -0.25) is 9.79 Å². The Balaban J connectivity index is 1.70. The predicted molar refractivity (Wildman–Crippen MR) is 144 cm³/mol. The van der Waals surface area contributed by atoms with Crippen LogP contribution in [-0.2, 0) is 22.6 Å². The van der Waals surface area contributed by atoms with Crippen LogP contribution in [0.5, 0.6) is 0 Å². The fourth-order valence-corrected chi connectivity index (χ4v) is 5.71. The monoisotopic (exact) mass is 521 g/mol. The van der Waals surface area contributed by atoms with Crippen LogP contribution in [0.4, 0.5) is 4.79 Å². The topological polar surface area (TPSA) is 90.9 Å². The van der Waals surface area contributed by atoms with Crippen molar-refractivity contribution in [1.82, 2.24) is 14.4 Å². The number of aryl methyl sites for hydroxylation is 1. The molecule has 0 radical (unpaired) electrons. The van der Waals surface area contributed by atoms with Crippen LogP contribution < -0.4 is 0 Å². The van der Waals surface area contributed by atoms with Crippen LogP contribution >= 0.6 is 11.6 Å². The van der Waals surface area contributed by atoms with E-state index in [2.05, 4.69) is 28.3 Å². The van der Waals surface area contributed by atoms with Gasteiger partial charge < -0.3 is 19.1 Å². The number of aliphatic imine (C=N–C) groups is 1. The zero-order valence-electron chi connectivity index (χ0n) is 21.4. The Morgan fingerprint density at radius 3 is 2.73 bits per heavy atom. The minimum atomic E-state index is -0.762. The molecule has 0 atom stereocenters. The number of fused-ring (bicyclic) bond motifs is 1. The number of benzene rings is 1. The average Bonchev–Trinajstić information content (AvgIpc) is 3.32. The molecule has 1 aromatic heterocycles. The van der Waals surface area contributed by atoms with Gasteiger partial charge in [0.25, 0.3) is 0 Å². The first-order valence-corrected chi connectivity index (χ1v) is 13.0. The molecule has 0 saturated carbocycles. The fourth-order valence-electron chi connectivity index (χ4n) is 5.53. The number of unbranched alkanes of at least 4 members (excludes halogenated alkanes) is 1. The third-order valence-corrected chi connectivity index (χ3v) is 7.51. The van der Waals surface area contributed by atoms with Gasteiger partial charge in [-0.2, -0.15) is 5.26 Å². The highest BCUT2D eigenvalue weighted by molar-refractivity contribution is 6.31. The Morgan fingerprint density at radius 2 is 2.08 bits per heavy atom. The molecule has 0 aliphatic carbocycles. The standard InChI is InChI=1S/C28H32ClN5O3/c1-4-23-25(18-31-3)34(26(35)28(23)10-14-32(15-11-28)27(36)37-5-2)19-22-17-20-16-21(29)8-9-24(20)33(22)13-7-6-12-30/h4,8-9,16-18H,1,5-7,10-11,13-15,19H2,2-3H3. The molecule has 194 valence electrons. The van der Waals surface area contributed by atoms with E-state index < -0.39 is 5.41 Å². The maximum atomic E-state index is 14.2. The van der Waals surface area contributed by atoms with E-state index in [-0.39, 0.29) is 12.0 Å². The number of aromatic nitrogens is 1. The number of piperidine rings is 1. The molecule has 1 aromatic carbocycles.